The highest BCUT2D eigenvalue weighted by Gasteiger charge is 2.16. The molecule has 0 radical (unpaired) electrons. The summed E-state index contributed by atoms with van der Waals surface area (Å²) in [5.41, 5.74) is 1.42. The Bertz CT molecular complexity index is 946. The molecule has 1 N–H and O–H groups in total. The van der Waals surface area contributed by atoms with E-state index in [-0.39, 0.29) is 24.7 Å². The van der Waals surface area contributed by atoms with Crippen molar-refractivity contribution in [2.75, 3.05) is 25.5 Å². The van der Waals surface area contributed by atoms with E-state index in [0.717, 1.165) is 6.42 Å². The van der Waals surface area contributed by atoms with Crippen molar-refractivity contribution < 1.29 is 9.53 Å². The van der Waals surface area contributed by atoms with Crippen molar-refractivity contribution in [3.05, 3.63) is 51.4 Å². The number of hydrogen-bond acceptors (Lipinski definition) is 6. The van der Waals surface area contributed by atoms with Gasteiger partial charge in [0.2, 0.25) is 5.91 Å². The van der Waals surface area contributed by atoms with Crippen LogP contribution in [0.15, 0.2) is 29.1 Å². The number of nitrogens with one attached hydrogen (secondary N) is 1. The molecule has 0 saturated carbocycles. The summed E-state index contributed by atoms with van der Waals surface area (Å²) < 4.78 is 6.49. The van der Waals surface area contributed by atoms with Crippen LogP contribution < -0.4 is 15.6 Å². The monoisotopic (exact) mass is 383 g/mol. The van der Waals surface area contributed by atoms with E-state index in [4.69, 9.17) is 4.74 Å². The number of nitrogens with zero attached hydrogens (tertiary/aromatic N) is 4. The molecule has 8 heteroatoms. The third-order valence-corrected chi connectivity index (χ3v) is 4.37. The van der Waals surface area contributed by atoms with Crippen molar-refractivity contribution in [1.29, 1.82) is 5.26 Å². The van der Waals surface area contributed by atoms with E-state index in [2.05, 4.69) is 10.4 Å². The van der Waals surface area contributed by atoms with Crippen molar-refractivity contribution in [3.8, 4) is 11.8 Å². The smallest absolute Gasteiger partial charge is 0.286 e. The van der Waals surface area contributed by atoms with Gasteiger partial charge in [-0.15, -0.1) is 0 Å². The molecule has 0 atom stereocenters. The van der Waals surface area contributed by atoms with Crippen LogP contribution in [0.25, 0.3) is 0 Å². The fourth-order valence-corrected chi connectivity index (χ4v) is 2.85. The molecule has 1 amide bonds. The maximum atomic E-state index is 12.5. The van der Waals surface area contributed by atoms with Crippen LogP contribution in [-0.4, -0.2) is 40.8 Å². The zero-order valence-corrected chi connectivity index (χ0v) is 16.7. The summed E-state index contributed by atoms with van der Waals surface area (Å²) in [5.74, 6) is 0.346. The summed E-state index contributed by atoms with van der Waals surface area (Å²) in [7, 11) is 1.54. The molecule has 0 bridgehead atoms. The number of carbonyl (C=O) groups excluding carboxylic acids is 1. The molecule has 1 heterocycles. The lowest BCUT2D eigenvalue weighted by atomic mass is 10.1. The van der Waals surface area contributed by atoms with Crippen LogP contribution in [0.5, 0.6) is 5.75 Å². The third kappa shape index (κ3) is 4.96. The van der Waals surface area contributed by atoms with Gasteiger partial charge in [0.05, 0.1) is 31.7 Å². The molecule has 8 nitrogen and oxygen atoms in total. The van der Waals surface area contributed by atoms with Crippen LogP contribution >= 0.6 is 0 Å². The Morgan fingerprint density at radius 3 is 2.71 bits per heavy atom. The highest BCUT2D eigenvalue weighted by molar-refractivity contribution is 5.93. The number of hydrogen-bond donors (Lipinski definition) is 1. The molecule has 0 fully saturated rings. The lowest BCUT2D eigenvalue weighted by molar-refractivity contribution is -0.117. The molecule has 0 saturated heterocycles. The number of carbonyl (C=O) groups is 1. The Hall–Kier alpha value is -3.18. The number of aromatic nitrogens is 2. The van der Waals surface area contributed by atoms with Crippen molar-refractivity contribution in [1.82, 2.24) is 14.7 Å². The van der Waals surface area contributed by atoms with Crippen molar-refractivity contribution >= 4 is 11.6 Å². The minimum absolute atomic E-state index is 0.0782. The first kappa shape index (κ1) is 21.1. The minimum Gasteiger partial charge on any atom is -0.495 e. The van der Waals surface area contributed by atoms with E-state index in [9.17, 15) is 14.9 Å². The summed E-state index contributed by atoms with van der Waals surface area (Å²) in [6.07, 6.45) is 0.798. The molecule has 0 aliphatic heterocycles. The first-order valence-electron chi connectivity index (χ1n) is 9.04. The number of aryl methyl sites for hydroxylation is 1. The summed E-state index contributed by atoms with van der Waals surface area (Å²) in [5, 5.41) is 16.4. The molecule has 0 spiro atoms. The van der Waals surface area contributed by atoms with Gasteiger partial charge in [0.15, 0.2) is 0 Å². The quantitative estimate of drug-likeness (QED) is 0.749. The number of ether oxygens (including phenoxy) is 1. The van der Waals surface area contributed by atoms with Gasteiger partial charge in [0.25, 0.3) is 5.56 Å². The molecule has 0 unspecified atom stereocenters. The normalized spacial score (nSPS) is 10.6. The van der Waals surface area contributed by atoms with E-state index in [0.29, 0.717) is 29.2 Å². The van der Waals surface area contributed by atoms with Crippen LogP contribution in [0, 0.1) is 25.2 Å². The highest BCUT2D eigenvalue weighted by Crippen LogP contribution is 2.22. The number of methoxy groups -OCH3 is 1. The maximum Gasteiger partial charge on any atom is 0.286 e. The average Bonchev–Trinajstić information content (AvgIpc) is 2.67. The van der Waals surface area contributed by atoms with Crippen molar-refractivity contribution in [2.45, 2.75) is 33.9 Å². The molecule has 0 aliphatic carbocycles. The van der Waals surface area contributed by atoms with Gasteiger partial charge in [-0.3, -0.25) is 14.5 Å². The molecule has 28 heavy (non-hydrogen) atoms. The third-order valence-electron chi connectivity index (χ3n) is 4.37. The second-order valence-electron chi connectivity index (χ2n) is 6.44. The molecule has 2 aromatic rings. The zero-order valence-electron chi connectivity index (χ0n) is 16.7. The number of benzene rings is 1. The highest BCUT2D eigenvalue weighted by atomic mass is 16.5. The van der Waals surface area contributed by atoms with Crippen LogP contribution in [0.3, 0.4) is 0 Å². The van der Waals surface area contributed by atoms with Crippen molar-refractivity contribution in [3.63, 3.8) is 0 Å². The van der Waals surface area contributed by atoms with Crippen LogP contribution in [0.4, 0.5) is 5.69 Å². The number of nitriles is 1. The van der Waals surface area contributed by atoms with Gasteiger partial charge in [0, 0.05) is 6.54 Å². The van der Waals surface area contributed by atoms with Crippen LogP contribution in [0.2, 0.25) is 0 Å². The summed E-state index contributed by atoms with van der Waals surface area (Å²) in [6, 6.07) is 9.11. The van der Waals surface area contributed by atoms with Gasteiger partial charge < -0.3 is 10.1 Å². The SMILES string of the molecule is CCCN(CC(=O)Nc1ccccc1OC)Cn1nc(C)c(C)c(C#N)c1=O. The van der Waals surface area contributed by atoms with Gasteiger partial charge in [-0.2, -0.15) is 10.4 Å². The molecule has 2 rings (SSSR count). The van der Waals surface area contributed by atoms with E-state index in [1.165, 1.54) is 4.68 Å². The Morgan fingerprint density at radius 2 is 2.07 bits per heavy atom. The van der Waals surface area contributed by atoms with Gasteiger partial charge in [-0.05, 0) is 38.0 Å². The minimum atomic E-state index is -0.447. The second-order valence-corrected chi connectivity index (χ2v) is 6.44. The molecule has 1 aromatic heterocycles. The number of para-hydroxylation sites is 2. The van der Waals surface area contributed by atoms with Crippen LogP contribution in [-0.2, 0) is 11.5 Å². The lowest BCUT2D eigenvalue weighted by Crippen LogP contribution is -2.40. The van der Waals surface area contributed by atoms with Gasteiger partial charge in [-0.25, -0.2) is 4.68 Å². The van der Waals surface area contributed by atoms with E-state index >= 15 is 0 Å². The Kier molecular flexibility index (Phi) is 7.29. The van der Waals surface area contributed by atoms with E-state index in [1.807, 2.05) is 30.0 Å². The standard InChI is InChI=1S/C20H25N5O3/c1-5-10-24(12-19(26)22-17-8-6-7-9-18(17)28-4)13-25-20(27)16(11-21)14(2)15(3)23-25/h6-9H,5,10,12-13H2,1-4H3,(H,22,26). The fourth-order valence-electron chi connectivity index (χ4n) is 2.85. The first-order chi connectivity index (χ1) is 13.4. The van der Waals surface area contributed by atoms with Gasteiger partial charge in [-0.1, -0.05) is 19.1 Å². The molecule has 0 aliphatic rings. The lowest BCUT2D eigenvalue weighted by Gasteiger charge is -2.22. The molecule has 148 valence electrons. The largest absolute Gasteiger partial charge is 0.495 e. The predicted molar refractivity (Wildman–Crippen MR) is 106 cm³/mol. The Labute approximate surface area is 164 Å². The van der Waals surface area contributed by atoms with E-state index < -0.39 is 5.56 Å². The topological polar surface area (TPSA) is 100 Å². The Morgan fingerprint density at radius 1 is 1.36 bits per heavy atom. The average molecular weight is 383 g/mol. The fraction of sp³-hybridized carbons (Fsp3) is 0.400. The van der Waals surface area contributed by atoms with Crippen LogP contribution in [0.1, 0.15) is 30.2 Å². The molecule has 1 aromatic carbocycles. The number of amides is 1. The summed E-state index contributed by atoms with van der Waals surface area (Å²) >= 11 is 0. The Balaban J connectivity index is 2.18. The molecular weight excluding hydrogens is 358 g/mol. The van der Waals surface area contributed by atoms with Crippen molar-refractivity contribution in [2.24, 2.45) is 0 Å². The summed E-state index contributed by atoms with van der Waals surface area (Å²) in [4.78, 5) is 26.8. The maximum absolute atomic E-state index is 12.5. The molecular formula is C20H25N5O3. The second kappa shape index (κ2) is 9.67. The predicted octanol–water partition coefficient (Wildman–Crippen LogP) is 2.05. The number of anilines is 1. The first-order valence-corrected chi connectivity index (χ1v) is 9.04. The van der Waals surface area contributed by atoms with E-state index in [1.54, 1.807) is 33.1 Å². The van der Waals surface area contributed by atoms with Gasteiger partial charge in [0.1, 0.15) is 17.4 Å². The zero-order chi connectivity index (χ0) is 20.7. The number of rotatable bonds is 8. The summed E-state index contributed by atoms with van der Waals surface area (Å²) in [6.45, 7) is 6.25. The van der Waals surface area contributed by atoms with Gasteiger partial charge >= 0.3 is 0 Å².